The molecule has 0 bridgehead atoms. The minimum Gasteiger partial charge on any atom is -0.309 e. The maximum Gasteiger partial charge on any atom is 0.180 e. The van der Waals surface area contributed by atoms with Gasteiger partial charge in [0.1, 0.15) is 0 Å². The van der Waals surface area contributed by atoms with E-state index in [4.69, 9.17) is 0 Å². The zero-order valence-electron chi connectivity index (χ0n) is 12.1. The van der Waals surface area contributed by atoms with Crippen molar-refractivity contribution in [2.75, 3.05) is 12.3 Å². The summed E-state index contributed by atoms with van der Waals surface area (Å²) in [4.78, 5) is 0.496. The van der Waals surface area contributed by atoms with E-state index in [-0.39, 0.29) is 17.2 Å². The van der Waals surface area contributed by atoms with Crippen molar-refractivity contribution in [1.82, 2.24) is 5.32 Å². The summed E-state index contributed by atoms with van der Waals surface area (Å²) in [7, 11) is -3.10. The Kier molecular flexibility index (Phi) is 3.76. The average Bonchev–Trinajstić information content (AvgIpc) is 2.58. The number of nitrogens with one attached hydrogen (secondary N) is 1. The lowest BCUT2D eigenvalue weighted by Crippen LogP contribution is -2.33. The standard InChI is InChI=1S/C15H23NO2S/c1-11(15(2,3)4)9-16-13-10-19(17,18)14-8-6-5-7-12(13)14/h5-8,11,13,16H,9-10H2,1-4H3. The Morgan fingerprint density at radius 2 is 1.95 bits per heavy atom. The normalized spacial score (nSPS) is 23.1. The predicted molar refractivity (Wildman–Crippen MR) is 77.9 cm³/mol. The summed E-state index contributed by atoms with van der Waals surface area (Å²) >= 11 is 0. The Morgan fingerprint density at radius 1 is 1.32 bits per heavy atom. The number of rotatable bonds is 3. The molecule has 0 aromatic heterocycles. The Hall–Kier alpha value is -0.870. The van der Waals surface area contributed by atoms with Crippen molar-refractivity contribution in [3.05, 3.63) is 29.8 Å². The molecule has 0 radical (unpaired) electrons. The summed E-state index contributed by atoms with van der Waals surface area (Å²) in [5.41, 5.74) is 1.15. The van der Waals surface area contributed by atoms with E-state index in [2.05, 4.69) is 33.0 Å². The summed E-state index contributed by atoms with van der Waals surface area (Å²) in [6.07, 6.45) is 0. The Labute approximate surface area is 116 Å². The van der Waals surface area contributed by atoms with Gasteiger partial charge in [0.2, 0.25) is 0 Å². The fraction of sp³-hybridized carbons (Fsp3) is 0.600. The molecule has 2 rings (SSSR count). The summed E-state index contributed by atoms with van der Waals surface area (Å²) < 4.78 is 24.1. The van der Waals surface area contributed by atoms with Crippen LogP contribution < -0.4 is 5.32 Å². The van der Waals surface area contributed by atoms with Gasteiger partial charge in [-0.05, 0) is 29.5 Å². The van der Waals surface area contributed by atoms with Gasteiger partial charge in [0.15, 0.2) is 9.84 Å². The van der Waals surface area contributed by atoms with E-state index in [9.17, 15) is 8.42 Å². The molecule has 1 aromatic carbocycles. The van der Waals surface area contributed by atoms with Crippen molar-refractivity contribution in [1.29, 1.82) is 0 Å². The fourth-order valence-corrected chi connectivity index (χ4v) is 4.02. The van der Waals surface area contributed by atoms with Crippen molar-refractivity contribution in [3.8, 4) is 0 Å². The van der Waals surface area contributed by atoms with E-state index in [1.54, 1.807) is 12.1 Å². The van der Waals surface area contributed by atoms with Gasteiger partial charge in [-0.25, -0.2) is 8.42 Å². The second-order valence-electron chi connectivity index (χ2n) is 6.55. The lowest BCUT2D eigenvalue weighted by atomic mass is 9.82. The molecule has 1 aliphatic rings. The minimum absolute atomic E-state index is 0.0639. The molecule has 0 amide bonds. The van der Waals surface area contributed by atoms with Crippen LogP contribution in [0.25, 0.3) is 0 Å². The van der Waals surface area contributed by atoms with Crippen LogP contribution in [0, 0.1) is 11.3 Å². The van der Waals surface area contributed by atoms with Gasteiger partial charge < -0.3 is 5.32 Å². The third-order valence-corrected chi connectivity index (χ3v) is 5.98. The van der Waals surface area contributed by atoms with Gasteiger partial charge in [-0.1, -0.05) is 45.9 Å². The van der Waals surface area contributed by atoms with Crippen LogP contribution in [0.5, 0.6) is 0 Å². The lowest BCUT2D eigenvalue weighted by Gasteiger charge is -2.28. The zero-order valence-corrected chi connectivity index (χ0v) is 12.9. The predicted octanol–water partition coefficient (Wildman–Crippen LogP) is 2.79. The van der Waals surface area contributed by atoms with Gasteiger partial charge in [-0.3, -0.25) is 0 Å². The van der Waals surface area contributed by atoms with Crippen molar-refractivity contribution in [3.63, 3.8) is 0 Å². The first-order valence-corrected chi connectivity index (χ1v) is 8.42. The smallest absolute Gasteiger partial charge is 0.180 e. The molecule has 0 spiro atoms. The van der Waals surface area contributed by atoms with E-state index in [1.165, 1.54) is 0 Å². The number of hydrogen-bond acceptors (Lipinski definition) is 3. The highest BCUT2D eigenvalue weighted by atomic mass is 32.2. The molecule has 3 nitrogen and oxygen atoms in total. The molecule has 0 saturated carbocycles. The molecule has 19 heavy (non-hydrogen) atoms. The quantitative estimate of drug-likeness (QED) is 0.926. The molecule has 0 aliphatic carbocycles. The number of fused-ring (bicyclic) bond motifs is 1. The molecule has 2 unspecified atom stereocenters. The fourth-order valence-electron chi connectivity index (χ4n) is 2.24. The van der Waals surface area contributed by atoms with E-state index in [1.807, 2.05) is 12.1 Å². The monoisotopic (exact) mass is 281 g/mol. The number of benzene rings is 1. The highest BCUT2D eigenvalue weighted by Gasteiger charge is 2.34. The third kappa shape index (κ3) is 3.00. The first-order valence-electron chi connectivity index (χ1n) is 6.77. The molecule has 1 aliphatic heterocycles. The molecule has 106 valence electrons. The van der Waals surface area contributed by atoms with E-state index in [0.717, 1.165) is 12.1 Å². The highest BCUT2D eigenvalue weighted by Crippen LogP contribution is 2.33. The first kappa shape index (κ1) is 14.5. The lowest BCUT2D eigenvalue weighted by molar-refractivity contribution is 0.247. The minimum atomic E-state index is -3.10. The van der Waals surface area contributed by atoms with E-state index < -0.39 is 9.84 Å². The number of sulfone groups is 1. The molecule has 1 heterocycles. The van der Waals surface area contributed by atoms with Crippen LogP contribution in [-0.2, 0) is 9.84 Å². The van der Waals surface area contributed by atoms with Gasteiger partial charge in [-0.2, -0.15) is 0 Å². The van der Waals surface area contributed by atoms with Crippen molar-refractivity contribution >= 4 is 9.84 Å². The molecule has 0 saturated heterocycles. The molecule has 2 atom stereocenters. The van der Waals surface area contributed by atoms with Crippen LogP contribution in [0.3, 0.4) is 0 Å². The van der Waals surface area contributed by atoms with Crippen molar-refractivity contribution in [2.45, 2.75) is 38.6 Å². The summed E-state index contributed by atoms with van der Waals surface area (Å²) in [5, 5.41) is 3.42. The maximum atomic E-state index is 12.1. The maximum absolute atomic E-state index is 12.1. The third-order valence-electron chi connectivity index (χ3n) is 4.16. The molecule has 1 aromatic rings. The Balaban J connectivity index is 2.13. The summed E-state index contributed by atoms with van der Waals surface area (Å²) in [5.74, 6) is 0.673. The van der Waals surface area contributed by atoms with Crippen molar-refractivity contribution in [2.24, 2.45) is 11.3 Å². The van der Waals surface area contributed by atoms with Gasteiger partial charge in [-0.15, -0.1) is 0 Å². The average molecular weight is 281 g/mol. The molecule has 4 heteroatoms. The van der Waals surface area contributed by atoms with Crippen LogP contribution in [-0.4, -0.2) is 20.7 Å². The summed E-state index contributed by atoms with van der Waals surface area (Å²) in [6, 6.07) is 7.25. The van der Waals surface area contributed by atoms with Crippen LogP contribution in [0.4, 0.5) is 0 Å². The van der Waals surface area contributed by atoms with E-state index >= 15 is 0 Å². The summed E-state index contributed by atoms with van der Waals surface area (Å²) in [6.45, 7) is 9.65. The first-order chi connectivity index (χ1) is 8.72. The second-order valence-corrected chi connectivity index (χ2v) is 8.55. The van der Waals surface area contributed by atoms with Gasteiger partial charge in [0, 0.05) is 6.04 Å². The zero-order chi connectivity index (χ0) is 14.3. The van der Waals surface area contributed by atoms with Gasteiger partial charge >= 0.3 is 0 Å². The number of hydrogen-bond donors (Lipinski definition) is 1. The Bertz CT molecular complexity index is 558. The Morgan fingerprint density at radius 3 is 2.58 bits per heavy atom. The van der Waals surface area contributed by atoms with Crippen LogP contribution in [0.15, 0.2) is 29.2 Å². The van der Waals surface area contributed by atoms with Crippen LogP contribution >= 0.6 is 0 Å². The molecular formula is C15H23NO2S. The van der Waals surface area contributed by atoms with Gasteiger partial charge in [0.05, 0.1) is 10.6 Å². The highest BCUT2D eigenvalue weighted by molar-refractivity contribution is 7.91. The van der Waals surface area contributed by atoms with Crippen LogP contribution in [0.2, 0.25) is 0 Å². The van der Waals surface area contributed by atoms with Crippen molar-refractivity contribution < 1.29 is 8.42 Å². The molecular weight excluding hydrogens is 258 g/mol. The molecule has 0 fully saturated rings. The second kappa shape index (κ2) is 4.91. The molecule has 1 N–H and O–H groups in total. The van der Waals surface area contributed by atoms with Gasteiger partial charge in [0.25, 0.3) is 0 Å². The largest absolute Gasteiger partial charge is 0.309 e. The SMILES string of the molecule is CC(CNC1CS(=O)(=O)c2ccccc21)C(C)(C)C. The van der Waals surface area contributed by atoms with E-state index in [0.29, 0.717) is 10.8 Å². The topological polar surface area (TPSA) is 46.2 Å². The van der Waals surface area contributed by atoms with Crippen LogP contribution in [0.1, 0.15) is 39.3 Å².